The number of aromatic nitrogens is 2. The summed E-state index contributed by atoms with van der Waals surface area (Å²) in [5.74, 6) is 2.19. The van der Waals surface area contributed by atoms with E-state index in [9.17, 15) is 4.79 Å². The fourth-order valence-corrected chi connectivity index (χ4v) is 4.21. The summed E-state index contributed by atoms with van der Waals surface area (Å²) >= 11 is 1.37. The molecule has 3 aromatic rings. The molecule has 0 radical (unpaired) electrons. The van der Waals surface area contributed by atoms with Gasteiger partial charge in [-0.05, 0) is 24.7 Å². The number of carbonyl (C=O) groups excluding carboxylic acids is 1. The maximum absolute atomic E-state index is 12.7. The van der Waals surface area contributed by atoms with Gasteiger partial charge in [0.1, 0.15) is 12.3 Å². The molecule has 1 aromatic carbocycles. The number of thiazole rings is 1. The molecular weight excluding hydrogens is 422 g/mol. The SMILES string of the molecule is C#CCOCc1ccccc1-c1csc(NC(=O)c2ccc(N3CCN(C)CC3)cn2)n1. The standard InChI is InChI=1S/C24H25N5O2S/c1-3-14-31-16-18-6-4-5-7-20(18)22-17-32-24(26-22)27-23(30)21-9-8-19(15-25-21)29-12-10-28(2)11-13-29/h1,4-9,15,17H,10-14,16H2,2H3,(H,26,27,30). The van der Waals surface area contributed by atoms with Gasteiger partial charge in [-0.15, -0.1) is 17.8 Å². The third-order valence-electron chi connectivity index (χ3n) is 5.31. The molecular formula is C24H25N5O2S. The molecule has 0 unspecified atom stereocenters. The quantitative estimate of drug-likeness (QED) is 0.442. The second-order valence-corrected chi connectivity index (χ2v) is 8.40. The first-order valence-electron chi connectivity index (χ1n) is 10.4. The largest absolute Gasteiger partial charge is 0.368 e. The van der Waals surface area contributed by atoms with Gasteiger partial charge < -0.3 is 14.5 Å². The molecule has 1 saturated heterocycles. The van der Waals surface area contributed by atoms with E-state index in [0.717, 1.165) is 48.7 Å². The van der Waals surface area contributed by atoms with Gasteiger partial charge in [0, 0.05) is 37.1 Å². The van der Waals surface area contributed by atoms with Crippen molar-refractivity contribution < 1.29 is 9.53 Å². The monoisotopic (exact) mass is 447 g/mol. The number of pyridine rings is 1. The van der Waals surface area contributed by atoms with Crippen LogP contribution < -0.4 is 10.2 Å². The Balaban J connectivity index is 1.41. The number of benzene rings is 1. The Labute approximate surface area is 192 Å². The average molecular weight is 448 g/mol. The summed E-state index contributed by atoms with van der Waals surface area (Å²) in [4.78, 5) is 26.2. The second-order valence-electron chi connectivity index (χ2n) is 7.54. The Hall–Kier alpha value is -3.25. The van der Waals surface area contributed by atoms with Crippen LogP contribution in [-0.2, 0) is 11.3 Å². The topological polar surface area (TPSA) is 70.6 Å². The van der Waals surface area contributed by atoms with Crippen molar-refractivity contribution in [3.05, 3.63) is 59.2 Å². The Morgan fingerprint density at radius 1 is 1.22 bits per heavy atom. The lowest BCUT2D eigenvalue weighted by Crippen LogP contribution is -2.44. The van der Waals surface area contributed by atoms with E-state index in [1.807, 2.05) is 35.7 Å². The van der Waals surface area contributed by atoms with Crippen molar-refractivity contribution in [3.8, 4) is 23.6 Å². The van der Waals surface area contributed by atoms with Crippen LogP contribution in [0.15, 0.2) is 48.0 Å². The average Bonchev–Trinajstić information content (AvgIpc) is 3.28. The molecule has 1 aliphatic rings. The second kappa shape index (κ2) is 10.4. The van der Waals surface area contributed by atoms with Crippen molar-refractivity contribution in [1.29, 1.82) is 0 Å². The number of piperazine rings is 1. The molecule has 2 aromatic heterocycles. The van der Waals surface area contributed by atoms with Crippen LogP contribution in [0.3, 0.4) is 0 Å². The van der Waals surface area contributed by atoms with Crippen LogP contribution in [0, 0.1) is 12.3 Å². The van der Waals surface area contributed by atoms with Gasteiger partial charge in [-0.1, -0.05) is 30.2 Å². The van der Waals surface area contributed by atoms with Gasteiger partial charge in [0.25, 0.3) is 5.91 Å². The van der Waals surface area contributed by atoms with Gasteiger partial charge in [0.15, 0.2) is 5.13 Å². The Bertz CT molecular complexity index is 1100. The van der Waals surface area contributed by atoms with Crippen molar-refractivity contribution in [2.75, 3.05) is 50.1 Å². The number of amides is 1. The molecule has 164 valence electrons. The smallest absolute Gasteiger partial charge is 0.276 e. The highest BCUT2D eigenvalue weighted by Gasteiger charge is 2.16. The van der Waals surface area contributed by atoms with Gasteiger partial charge in [0.05, 0.1) is 24.2 Å². The van der Waals surface area contributed by atoms with E-state index in [1.165, 1.54) is 11.3 Å². The van der Waals surface area contributed by atoms with E-state index in [-0.39, 0.29) is 12.5 Å². The zero-order chi connectivity index (χ0) is 22.3. The summed E-state index contributed by atoms with van der Waals surface area (Å²) in [6.07, 6.45) is 7.02. The van der Waals surface area contributed by atoms with Crippen LogP contribution >= 0.6 is 11.3 Å². The van der Waals surface area contributed by atoms with Gasteiger partial charge in [-0.2, -0.15) is 0 Å². The summed E-state index contributed by atoms with van der Waals surface area (Å²) in [6.45, 7) is 4.62. The zero-order valence-corrected chi connectivity index (χ0v) is 18.8. The molecule has 32 heavy (non-hydrogen) atoms. The van der Waals surface area contributed by atoms with Crippen LogP contribution in [0.1, 0.15) is 16.1 Å². The maximum Gasteiger partial charge on any atom is 0.276 e. The number of hydrogen-bond acceptors (Lipinski definition) is 7. The highest BCUT2D eigenvalue weighted by molar-refractivity contribution is 7.14. The number of anilines is 2. The maximum atomic E-state index is 12.7. The molecule has 1 N–H and O–H groups in total. The van der Waals surface area contributed by atoms with E-state index >= 15 is 0 Å². The number of rotatable bonds is 7. The molecule has 0 saturated carbocycles. The summed E-state index contributed by atoms with van der Waals surface area (Å²) in [6, 6.07) is 11.6. The van der Waals surface area contributed by atoms with Gasteiger partial charge in [-0.25, -0.2) is 9.97 Å². The number of terminal acetylenes is 1. The molecule has 0 atom stereocenters. The van der Waals surface area contributed by atoms with Crippen molar-refractivity contribution in [3.63, 3.8) is 0 Å². The lowest BCUT2D eigenvalue weighted by molar-refractivity contribution is 0.102. The number of nitrogens with zero attached hydrogens (tertiary/aromatic N) is 4. The first-order valence-corrected chi connectivity index (χ1v) is 11.3. The summed E-state index contributed by atoms with van der Waals surface area (Å²) in [7, 11) is 2.12. The first kappa shape index (κ1) is 22.0. The number of nitrogens with one attached hydrogen (secondary N) is 1. The van der Waals surface area contributed by atoms with E-state index < -0.39 is 0 Å². The minimum Gasteiger partial charge on any atom is -0.368 e. The van der Waals surface area contributed by atoms with Crippen molar-refractivity contribution in [2.24, 2.45) is 0 Å². The van der Waals surface area contributed by atoms with E-state index in [4.69, 9.17) is 11.2 Å². The lowest BCUT2D eigenvalue weighted by Gasteiger charge is -2.33. The fourth-order valence-electron chi connectivity index (χ4n) is 3.50. The summed E-state index contributed by atoms with van der Waals surface area (Å²) in [5, 5.41) is 5.29. The number of likely N-dealkylation sites (N-methyl/N-ethyl adjacent to an activating group) is 1. The molecule has 1 fully saturated rings. The summed E-state index contributed by atoms with van der Waals surface area (Å²) in [5.41, 5.74) is 4.13. The number of carbonyl (C=O) groups is 1. The van der Waals surface area contributed by atoms with Crippen LogP contribution in [0.25, 0.3) is 11.3 Å². The Morgan fingerprint density at radius 3 is 2.78 bits per heavy atom. The van der Waals surface area contributed by atoms with Gasteiger partial charge in [0.2, 0.25) is 0 Å². The zero-order valence-electron chi connectivity index (χ0n) is 18.0. The molecule has 3 heterocycles. The Morgan fingerprint density at radius 2 is 2.03 bits per heavy atom. The molecule has 1 aliphatic heterocycles. The number of ether oxygens (including phenoxy) is 1. The van der Waals surface area contributed by atoms with Crippen LogP contribution in [0.2, 0.25) is 0 Å². The van der Waals surface area contributed by atoms with E-state index in [0.29, 0.717) is 17.4 Å². The highest BCUT2D eigenvalue weighted by atomic mass is 32.1. The van der Waals surface area contributed by atoms with Crippen LogP contribution in [0.4, 0.5) is 10.8 Å². The normalized spacial score (nSPS) is 14.2. The third kappa shape index (κ3) is 5.32. The molecule has 0 aliphatic carbocycles. The lowest BCUT2D eigenvalue weighted by atomic mass is 10.1. The summed E-state index contributed by atoms with van der Waals surface area (Å²) < 4.78 is 5.47. The fraction of sp³-hybridized carbons (Fsp3) is 0.292. The minimum atomic E-state index is -0.276. The predicted molar refractivity (Wildman–Crippen MR) is 128 cm³/mol. The van der Waals surface area contributed by atoms with Crippen molar-refractivity contribution in [2.45, 2.75) is 6.61 Å². The van der Waals surface area contributed by atoms with Crippen molar-refractivity contribution >= 4 is 28.1 Å². The number of hydrogen-bond donors (Lipinski definition) is 1. The van der Waals surface area contributed by atoms with Crippen LogP contribution in [-0.4, -0.2) is 60.6 Å². The van der Waals surface area contributed by atoms with Crippen LogP contribution in [0.5, 0.6) is 0 Å². The molecule has 7 nitrogen and oxygen atoms in total. The predicted octanol–water partition coefficient (Wildman–Crippen LogP) is 3.36. The van der Waals surface area contributed by atoms with Gasteiger partial charge in [-0.3, -0.25) is 10.1 Å². The first-order chi connectivity index (χ1) is 15.6. The minimum absolute atomic E-state index is 0.257. The van der Waals surface area contributed by atoms with E-state index in [2.05, 4.69) is 38.1 Å². The third-order valence-corrected chi connectivity index (χ3v) is 6.07. The molecule has 1 amide bonds. The highest BCUT2D eigenvalue weighted by Crippen LogP contribution is 2.28. The van der Waals surface area contributed by atoms with Gasteiger partial charge >= 0.3 is 0 Å². The molecule has 8 heteroatoms. The molecule has 4 rings (SSSR count). The van der Waals surface area contributed by atoms with E-state index in [1.54, 1.807) is 12.3 Å². The molecule has 0 bridgehead atoms. The Kier molecular flexibility index (Phi) is 7.12. The van der Waals surface area contributed by atoms with Crippen molar-refractivity contribution in [1.82, 2.24) is 14.9 Å². The molecule has 0 spiro atoms.